The Balaban J connectivity index is 1.21. The van der Waals surface area contributed by atoms with Crippen LogP contribution in [0.1, 0.15) is 33.1 Å². The Morgan fingerprint density at radius 2 is 1.71 bits per heavy atom. The maximum atomic E-state index is 12.1. The van der Waals surface area contributed by atoms with E-state index in [0.29, 0.717) is 17.8 Å². The Bertz CT molecular complexity index is 812. The minimum Gasteiger partial charge on any atom is -0.408 e. The summed E-state index contributed by atoms with van der Waals surface area (Å²) in [7, 11) is 0. The summed E-state index contributed by atoms with van der Waals surface area (Å²) in [6.45, 7) is 11.8. The highest BCUT2D eigenvalue weighted by Gasteiger charge is 2.26. The molecule has 0 spiro atoms. The highest BCUT2D eigenvalue weighted by atomic mass is 16.5. The van der Waals surface area contributed by atoms with Gasteiger partial charge in [-0.1, -0.05) is 12.1 Å². The predicted molar refractivity (Wildman–Crippen MR) is 111 cm³/mol. The van der Waals surface area contributed by atoms with Gasteiger partial charge in [0.1, 0.15) is 0 Å². The average molecular weight is 388 g/mol. The van der Waals surface area contributed by atoms with E-state index in [2.05, 4.69) is 23.6 Å². The molecule has 0 saturated carbocycles. The van der Waals surface area contributed by atoms with Crippen LogP contribution in [0.3, 0.4) is 0 Å². The zero-order valence-electron chi connectivity index (χ0n) is 17.2. The fourth-order valence-electron chi connectivity index (χ4n) is 4.87. The molecular weight excluding hydrogens is 354 g/mol. The molecule has 0 radical (unpaired) electrons. The van der Waals surface area contributed by atoms with Gasteiger partial charge in [0.2, 0.25) is 0 Å². The van der Waals surface area contributed by atoms with E-state index >= 15 is 0 Å². The number of aryl methyl sites for hydroxylation is 1. The number of benzene rings is 1. The Morgan fingerprint density at radius 1 is 1.00 bits per heavy atom. The summed E-state index contributed by atoms with van der Waals surface area (Å²) >= 11 is 0. The number of likely N-dealkylation sites (tertiary alicyclic amines) is 1. The van der Waals surface area contributed by atoms with Crippen molar-refractivity contribution in [3.63, 3.8) is 0 Å². The third-order valence-electron chi connectivity index (χ3n) is 6.15. The van der Waals surface area contributed by atoms with Crippen molar-refractivity contribution >= 4 is 11.1 Å². The van der Waals surface area contributed by atoms with Crippen molar-refractivity contribution in [1.82, 2.24) is 14.4 Å². The predicted octanol–water partition coefficient (Wildman–Crippen LogP) is 2.81. The molecule has 0 aliphatic carbocycles. The molecule has 6 nitrogen and oxygen atoms in total. The van der Waals surface area contributed by atoms with E-state index in [9.17, 15) is 4.79 Å². The van der Waals surface area contributed by atoms with Crippen molar-refractivity contribution in [3.8, 4) is 0 Å². The lowest BCUT2D eigenvalue weighted by Gasteiger charge is -2.39. The lowest BCUT2D eigenvalue weighted by atomic mass is 9.95. The van der Waals surface area contributed by atoms with Crippen LogP contribution in [0.2, 0.25) is 0 Å². The molecule has 2 aromatic rings. The maximum Gasteiger partial charge on any atom is 0.419 e. The Hall–Kier alpha value is -1.63. The molecule has 1 aromatic heterocycles. The number of ether oxygens (including phenoxy) is 1. The lowest BCUT2D eigenvalue weighted by molar-refractivity contribution is -0.0731. The van der Waals surface area contributed by atoms with Gasteiger partial charge in [0.05, 0.1) is 17.7 Å². The molecule has 2 atom stereocenters. The fraction of sp³-hybridized carbons (Fsp3) is 0.682. The van der Waals surface area contributed by atoms with Crippen LogP contribution in [0, 0.1) is 5.92 Å². The monoisotopic (exact) mass is 387 g/mol. The van der Waals surface area contributed by atoms with Gasteiger partial charge in [-0.3, -0.25) is 9.47 Å². The van der Waals surface area contributed by atoms with Crippen molar-refractivity contribution in [2.24, 2.45) is 5.92 Å². The summed E-state index contributed by atoms with van der Waals surface area (Å²) in [4.78, 5) is 17.2. The van der Waals surface area contributed by atoms with E-state index < -0.39 is 0 Å². The molecule has 4 rings (SSSR count). The molecule has 2 aliphatic heterocycles. The number of aromatic nitrogens is 1. The number of nitrogens with zero attached hydrogens (tertiary/aromatic N) is 3. The third-order valence-corrected chi connectivity index (χ3v) is 6.15. The Labute approximate surface area is 167 Å². The van der Waals surface area contributed by atoms with Gasteiger partial charge >= 0.3 is 5.76 Å². The molecule has 154 valence electrons. The summed E-state index contributed by atoms with van der Waals surface area (Å²) < 4.78 is 12.9. The molecule has 6 heteroatoms. The number of hydrogen-bond donors (Lipinski definition) is 0. The number of rotatable bonds is 6. The van der Waals surface area contributed by atoms with E-state index in [0.717, 1.165) is 44.0 Å². The molecule has 1 aromatic carbocycles. The molecule has 28 heavy (non-hydrogen) atoms. The molecule has 2 fully saturated rings. The van der Waals surface area contributed by atoms with Gasteiger partial charge in [-0.05, 0) is 70.8 Å². The standard InChI is InChI=1S/C22H33N3O3/c1-17-14-24(15-18(2)27-17)16-19-8-12-23(13-9-19)10-5-11-25-20-6-3-4-7-21(20)28-22(25)26/h3-4,6-7,17-19H,5,8-16H2,1-2H3. The van der Waals surface area contributed by atoms with Crippen LogP contribution in [0.15, 0.2) is 33.5 Å². The highest BCUT2D eigenvalue weighted by Crippen LogP contribution is 2.21. The summed E-state index contributed by atoms with van der Waals surface area (Å²) in [5.74, 6) is 0.558. The quantitative estimate of drug-likeness (QED) is 0.763. The Kier molecular flexibility index (Phi) is 6.19. The Morgan fingerprint density at radius 3 is 2.46 bits per heavy atom. The van der Waals surface area contributed by atoms with E-state index in [-0.39, 0.29) is 5.76 Å². The maximum absolute atomic E-state index is 12.1. The number of piperidine rings is 1. The highest BCUT2D eigenvalue weighted by molar-refractivity contribution is 5.72. The van der Waals surface area contributed by atoms with Crippen LogP contribution >= 0.6 is 0 Å². The van der Waals surface area contributed by atoms with Crippen molar-refractivity contribution in [2.45, 2.75) is 51.9 Å². The molecule has 2 saturated heterocycles. The topological polar surface area (TPSA) is 50.9 Å². The first-order valence-corrected chi connectivity index (χ1v) is 10.8. The van der Waals surface area contributed by atoms with Crippen LogP contribution < -0.4 is 5.76 Å². The van der Waals surface area contributed by atoms with Gasteiger partial charge < -0.3 is 14.1 Å². The minimum absolute atomic E-state index is 0.242. The van der Waals surface area contributed by atoms with E-state index in [1.807, 2.05) is 24.3 Å². The molecule has 0 bridgehead atoms. The van der Waals surface area contributed by atoms with Crippen molar-refractivity contribution in [1.29, 1.82) is 0 Å². The number of morpholine rings is 1. The van der Waals surface area contributed by atoms with Crippen LogP contribution in [0.25, 0.3) is 11.1 Å². The number of oxazole rings is 1. The SMILES string of the molecule is CC1CN(CC2CCN(CCCn3c(=O)oc4ccccc43)CC2)CC(C)O1. The summed E-state index contributed by atoms with van der Waals surface area (Å²) in [5, 5.41) is 0. The van der Waals surface area contributed by atoms with Gasteiger partial charge in [0.25, 0.3) is 0 Å². The normalized spacial score (nSPS) is 25.5. The average Bonchev–Trinajstić information content (AvgIpc) is 2.98. The van der Waals surface area contributed by atoms with Gasteiger partial charge in [0, 0.05) is 26.2 Å². The van der Waals surface area contributed by atoms with Gasteiger partial charge in [-0.2, -0.15) is 0 Å². The summed E-state index contributed by atoms with van der Waals surface area (Å²) in [6.07, 6.45) is 4.23. The number of para-hydroxylation sites is 2. The third kappa shape index (κ3) is 4.67. The van der Waals surface area contributed by atoms with Crippen molar-refractivity contribution in [2.75, 3.05) is 39.3 Å². The molecule has 3 heterocycles. The van der Waals surface area contributed by atoms with E-state index in [4.69, 9.17) is 9.15 Å². The summed E-state index contributed by atoms with van der Waals surface area (Å²) in [6, 6.07) is 7.67. The van der Waals surface area contributed by atoms with Gasteiger partial charge in [0.15, 0.2) is 5.58 Å². The van der Waals surface area contributed by atoms with E-state index in [1.165, 1.54) is 32.5 Å². The zero-order valence-corrected chi connectivity index (χ0v) is 17.2. The van der Waals surface area contributed by atoms with Gasteiger partial charge in [-0.15, -0.1) is 0 Å². The van der Waals surface area contributed by atoms with Crippen LogP contribution in [-0.4, -0.2) is 65.8 Å². The molecule has 2 unspecified atom stereocenters. The minimum atomic E-state index is -0.242. The first kappa shape index (κ1) is 19.7. The fourth-order valence-corrected chi connectivity index (χ4v) is 4.87. The molecule has 2 aliphatic rings. The molecule has 0 amide bonds. The molecular formula is C22H33N3O3. The van der Waals surface area contributed by atoms with Crippen LogP contribution in [0.4, 0.5) is 0 Å². The second-order valence-corrected chi connectivity index (χ2v) is 8.60. The van der Waals surface area contributed by atoms with E-state index in [1.54, 1.807) is 4.57 Å². The second kappa shape index (κ2) is 8.80. The lowest BCUT2D eigenvalue weighted by Crippen LogP contribution is -2.48. The van der Waals surface area contributed by atoms with Gasteiger partial charge in [-0.25, -0.2) is 4.79 Å². The summed E-state index contributed by atoms with van der Waals surface area (Å²) in [5.41, 5.74) is 1.58. The van der Waals surface area contributed by atoms with Crippen molar-refractivity contribution in [3.05, 3.63) is 34.8 Å². The number of hydrogen-bond acceptors (Lipinski definition) is 5. The first-order valence-electron chi connectivity index (χ1n) is 10.8. The van der Waals surface area contributed by atoms with Crippen molar-refractivity contribution < 1.29 is 9.15 Å². The second-order valence-electron chi connectivity index (χ2n) is 8.60. The number of fused-ring (bicyclic) bond motifs is 1. The zero-order chi connectivity index (χ0) is 19.5. The van der Waals surface area contributed by atoms with Crippen LogP contribution in [0.5, 0.6) is 0 Å². The largest absolute Gasteiger partial charge is 0.419 e. The first-order chi connectivity index (χ1) is 13.6. The smallest absolute Gasteiger partial charge is 0.408 e. The molecule has 0 N–H and O–H groups in total. The van der Waals surface area contributed by atoms with Crippen LogP contribution in [-0.2, 0) is 11.3 Å².